The van der Waals surface area contributed by atoms with Crippen molar-refractivity contribution in [2.45, 2.75) is 53.0 Å². The molecule has 0 saturated carbocycles. The van der Waals surface area contributed by atoms with Crippen LogP contribution in [0.15, 0.2) is 5.11 Å². The predicted octanol–water partition coefficient (Wildman–Crippen LogP) is 3.90. The first-order valence-corrected chi connectivity index (χ1v) is 4.39. The molecule has 0 saturated heterocycles. The average Bonchev–Trinajstić information content (AvgIpc) is 1.84. The third-order valence-electron chi connectivity index (χ3n) is 1.96. The summed E-state index contributed by atoms with van der Waals surface area (Å²) < 4.78 is 0. The van der Waals surface area contributed by atoms with Crippen LogP contribution in [0.1, 0.15) is 47.5 Å². The fourth-order valence-corrected chi connectivity index (χ4v) is 1.48. The van der Waals surface area contributed by atoms with E-state index < -0.39 is 0 Å². The molecular formula is C9H19N3. The van der Waals surface area contributed by atoms with Crippen molar-refractivity contribution in [3.8, 4) is 0 Å². The van der Waals surface area contributed by atoms with E-state index in [0.29, 0.717) is 0 Å². The molecule has 70 valence electrons. The summed E-state index contributed by atoms with van der Waals surface area (Å²) in [6.07, 6.45) is 1.83. The molecule has 0 spiro atoms. The van der Waals surface area contributed by atoms with E-state index in [0.717, 1.165) is 12.8 Å². The van der Waals surface area contributed by atoms with Crippen LogP contribution >= 0.6 is 0 Å². The highest BCUT2D eigenvalue weighted by atomic mass is 15.2. The minimum atomic E-state index is -0.215. The largest absolute Gasteiger partial charge is 0.0875 e. The van der Waals surface area contributed by atoms with Crippen LogP contribution in [0.2, 0.25) is 0 Å². The smallest absolute Gasteiger partial charge is 0.0462 e. The van der Waals surface area contributed by atoms with Gasteiger partial charge < -0.3 is 0 Å². The highest BCUT2D eigenvalue weighted by Gasteiger charge is 2.26. The molecule has 0 aliphatic rings. The van der Waals surface area contributed by atoms with Gasteiger partial charge in [-0.1, -0.05) is 39.7 Å². The molecule has 0 fully saturated rings. The van der Waals surface area contributed by atoms with E-state index >= 15 is 0 Å². The van der Waals surface area contributed by atoms with Crippen LogP contribution in [-0.4, -0.2) is 5.54 Å². The van der Waals surface area contributed by atoms with Crippen LogP contribution in [0.5, 0.6) is 0 Å². The Morgan fingerprint density at radius 2 is 1.75 bits per heavy atom. The third kappa shape index (κ3) is 4.24. The molecule has 3 nitrogen and oxygen atoms in total. The maximum Gasteiger partial charge on any atom is 0.0462 e. The van der Waals surface area contributed by atoms with E-state index in [4.69, 9.17) is 5.53 Å². The van der Waals surface area contributed by atoms with Crippen molar-refractivity contribution in [1.82, 2.24) is 0 Å². The van der Waals surface area contributed by atoms with Gasteiger partial charge in [0.15, 0.2) is 0 Å². The van der Waals surface area contributed by atoms with Gasteiger partial charge in [0.25, 0.3) is 0 Å². The van der Waals surface area contributed by atoms with Gasteiger partial charge >= 0.3 is 0 Å². The summed E-state index contributed by atoms with van der Waals surface area (Å²) in [6, 6.07) is 0. The Balaban J connectivity index is 4.44. The number of hydrogen-bond donors (Lipinski definition) is 0. The molecule has 0 aromatic carbocycles. The van der Waals surface area contributed by atoms with E-state index in [9.17, 15) is 0 Å². The Hall–Kier alpha value is -0.690. The second-order valence-electron chi connectivity index (χ2n) is 4.78. The number of azide groups is 1. The Morgan fingerprint density at radius 1 is 1.25 bits per heavy atom. The molecule has 1 unspecified atom stereocenters. The molecule has 0 N–H and O–H groups in total. The summed E-state index contributed by atoms with van der Waals surface area (Å²) in [5.74, 6) is 0. The van der Waals surface area contributed by atoms with Crippen molar-refractivity contribution in [1.29, 1.82) is 0 Å². The molecule has 0 aromatic heterocycles. The molecule has 0 radical (unpaired) electrons. The lowest BCUT2D eigenvalue weighted by molar-refractivity contribution is 0.264. The van der Waals surface area contributed by atoms with Crippen molar-refractivity contribution in [3.63, 3.8) is 0 Å². The normalized spacial score (nSPS) is 16.4. The zero-order valence-electron chi connectivity index (χ0n) is 8.76. The Morgan fingerprint density at radius 3 is 2.00 bits per heavy atom. The summed E-state index contributed by atoms with van der Waals surface area (Å²) in [4.78, 5) is 2.89. The van der Waals surface area contributed by atoms with Gasteiger partial charge in [-0.05, 0) is 23.8 Å². The first-order chi connectivity index (χ1) is 5.33. The van der Waals surface area contributed by atoms with E-state index in [1.807, 2.05) is 6.92 Å². The zero-order chi connectivity index (χ0) is 9.83. The van der Waals surface area contributed by atoms with Crippen molar-refractivity contribution < 1.29 is 0 Å². The van der Waals surface area contributed by atoms with Gasteiger partial charge in [0.1, 0.15) is 0 Å². The summed E-state index contributed by atoms with van der Waals surface area (Å²) in [7, 11) is 0. The topological polar surface area (TPSA) is 48.8 Å². The third-order valence-corrected chi connectivity index (χ3v) is 1.96. The Bertz CT molecular complexity index is 186. The second kappa shape index (κ2) is 3.81. The predicted molar refractivity (Wildman–Crippen MR) is 51.9 cm³/mol. The first-order valence-electron chi connectivity index (χ1n) is 4.39. The lowest BCUT2D eigenvalue weighted by Gasteiger charge is -2.30. The first kappa shape index (κ1) is 11.3. The number of hydrogen-bond acceptors (Lipinski definition) is 1. The number of nitrogens with zero attached hydrogens (tertiary/aromatic N) is 3. The molecule has 1 atom stereocenters. The Labute approximate surface area is 74.8 Å². The van der Waals surface area contributed by atoms with Gasteiger partial charge in [0.05, 0.1) is 0 Å². The minimum absolute atomic E-state index is 0.215. The monoisotopic (exact) mass is 169 g/mol. The quantitative estimate of drug-likeness (QED) is 0.349. The SMILES string of the molecule is CCC(C)(CC(C)(C)C)N=[N+]=[N-]. The maximum atomic E-state index is 8.39. The fraction of sp³-hybridized carbons (Fsp3) is 1.00. The molecular weight excluding hydrogens is 150 g/mol. The fourth-order valence-electron chi connectivity index (χ4n) is 1.48. The molecule has 0 bridgehead atoms. The Kier molecular flexibility index (Phi) is 3.59. The van der Waals surface area contributed by atoms with E-state index in [1.165, 1.54) is 0 Å². The van der Waals surface area contributed by atoms with Gasteiger partial charge in [-0.2, -0.15) is 0 Å². The summed E-state index contributed by atoms with van der Waals surface area (Å²) >= 11 is 0. The average molecular weight is 169 g/mol. The highest BCUT2D eigenvalue weighted by molar-refractivity contribution is 4.86. The molecule has 0 aromatic rings. The van der Waals surface area contributed by atoms with E-state index in [-0.39, 0.29) is 11.0 Å². The van der Waals surface area contributed by atoms with Crippen LogP contribution in [0, 0.1) is 5.41 Å². The van der Waals surface area contributed by atoms with Gasteiger partial charge in [-0.25, -0.2) is 0 Å². The van der Waals surface area contributed by atoms with Crippen molar-refractivity contribution >= 4 is 0 Å². The van der Waals surface area contributed by atoms with Gasteiger partial charge in [-0.3, -0.25) is 0 Å². The molecule has 0 aliphatic carbocycles. The summed E-state index contributed by atoms with van der Waals surface area (Å²) in [6.45, 7) is 10.5. The van der Waals surface area contributed by atoms with E-state index in [2.05, 4.69) is 37.7 Å². The standard InChI is InChI=1S/C9H19N3/c1-6-9(5,11-12-10)7-8(2,3)4/h6-7H2,1-5H3. The summed E-state index contributed by atoms with van der Waals surface area (Å²) in [5.41, 5.74) is 8.39. The molecule has 0 aliphatic heterocycles. The van der Waals surface area contributed by atoms with Gasteiger partial charge in [0, 0.05) is 10.5 Å². The highest BCUT2D eigenvalue weighted by Crippen LogP contribution is 2.32. The van der Waals surface area contributed by atoms with Crippen LogP contribution in [0.4, 0.5) is 0 Å². The minimum Gasteiger partial charge on any atom is -0.0875 e. The lowest BCUT2D eigenvalue weighted by Crippen LogP contribution is -2.26. The second-order valence-corrected chi connectivity index (χ2v) is 4.78. The van der Waals surface area contributed by atoms with Crippen LogP contribution in [0.25, 0.3) is 10.4 Å². The molecule has 0 amide bonds. The lowest BCUT2D eigenvalue weighted by atomic mass is 9.80. The van der Waals surface area contributed by atoms with Crippen molar-refractivity contribution in [3.05, 3.63) is 10.4 Å². The maximum absolute atomic E-state index is 8.39. The van der Waals surface area contributed by atoms with Crippen molar-refractivity contribution in [2.75, 3.05) is 0 Å². The molecule has 0 rings (SSSR count). The van der Waals surface area contributed by atoms with Gasteiger partial charge in [0.2, 0.25) is 0 Å². The van der Waals surface area contributed by atoms with Crippen LogP contribution in [-0.2, 0) is 0 Å². The molecule has 12 heavy (non-hydrogen) atoms. The summed E-state index contributed by atoms with van der Waals surface area (Å²) in [5, 5.41) is 3.84. The molecule has 0 heterocycles. The molecule has 3 heteroatoms. The van der Waals surface area contributed by atoms with Crippen molar-refractivity contribution in [2.24, 2.45) is 10.5 Å². The van der Waals surface area contributed by atoms with E-state index in [1.54, 1.807) is 0 Å². The van der Waals surface area contributed by atoms with Gasteiger partial charge in [-0.15, -0.1) is 0 Å². The zero-order valence-corrected chi connectivity index (χ0v) is 8.76. The van der Waals surface area contributed by atoms with Crippen LogP contribution in [0.3, 0.4) is 0 Å². The van der Waals surface area contributed by atoms with Crippen LogP contribution < -0.4 is 0 Å². The number of rotatable bonds is 3.